The SMILES string of the molecule is CCNC(C)c1cccc(F)c1N1CC(C)N(C)C(C)C1. The van der Waals surface area contributed by atoms with Gasteiger partial charge in [0.25, 0.3) is 0 Å². The Morgan fingerprint density at radius 1 is 1.29 bits per heavy atom. The second-order valence-corrected chi connectivity index (χ2v) is 6.23. The third-order valence-corrected chi connectivity index (χ3v) is 4.67. The summed E-state index contributed by atoms with van der Waals surface area (Å²) in [4.78, 5) is 4.58. The first-order valence-electron chi connectivity index (χ1n) is 7.94. The molecule has 0 aromatic heterocycles. The van der Waals surface area contributed by atoms with Crippen LogP contribution in [0.15, 0.2) is 18.2 Å². The third kappa shape index (κ3) is 3.38. The van der Waals surface area contributed by atoms with Crippen LogP contribution >= 0.6 is 0 Å². The monoisotopic (exact) mass is 293 g/mol. The van der Waals surface area contributed by atoms with Crippen LogP contribution in [0.25, 0.3) is 0 Å². The molecule has 0 amide bonds. The smallest absolute Gasteiger partial charge is 0.146 e. The maximum atomic E-state index is 14.5. The first kappa shape index (κ1) is 16.2. The normalized spacial score (nSPS) is 25.1. The number of nitrogens with zero attached hydrogens (tertiary/aromatic N) is 2. The highest BCUT2D eigenvalue weighted by Crippen LogP contribution is 2.31. The lowest BCUT2D eigenvalue weighted by molar-refractivity contribution is 0.169. The molecule has 1 aliphatic heterocycles. The molecule has 1 fully saturated rings. The third-order valence-electron chi connectivity index (χ3n) is 4.67. The Morgan fingerprint density at radius 3 is 2.48 bits per heavy atom. The fraction of sp³-hybridized carbons (Fsp3) is 0.647. The van der Waals surface area contributed by atoms with Crippen molar-refractivity contribution >= 4 is 5.69 Å². The second-order valence-electron chi connectivity index (χ2n) is 6.23. The Morgan fingerprint density at radius 2 is 1.90 bits per heavy atom. The van der Waals surface area contributed by atoms with E-state index in [1.165, 1.54) is 0 Å². The first-order chi connectivity index (χ1) is 9.95. The summed E-state index contributed by atoms with van der Waals surface area (Å²) in [6.07, 6.45) is 0. The molecule has 1 aromatic rings. The first-order valence-corrected chi connectivity index (χ1v) is 7.94. The van der Waals surface area contributed by atoms with Crippen molar-refractivity contribution in [1.82, 2.24) is 10.2 Å². The van der Waals surface area contributed by atoms with Gasteiger partial charge in [-0.2, -0.15) is 0 Å². The summed E-state index contributed by atoms with van der Waals surface area (Å²) < 4.78 is 14.5. The number of rotatable bonds is 4. The van der Waals surface area contributed by atoms with Gasteiger partial charge in [-0.05, 0) is 46.0 Å². The summed E-state index contributed by atoms with van der Waals surface area (Å²) in [7, 11) is 2.15. The van der Waals surface area contributed by atoms with E-state index in [0.717, 1.165) is 30.9 Å². The Kier molecular flexibility index (Phi) is 5.22. The molecule has 21 heavy (non-hydrogen) atoms. The van der Waals surface area contributed by atoms with Gasteiger partial charge in [0.05, 0.1) is 5.69 Å². The molecule has 118 valence electrons. The highest BCUT2D eigenvalue weighted by molar-refractivity contribution is 5.57. The van der Waals surface area contributed by atoms with Gasteiger partial charge in [-0.3, -0.25) is 4.90 Å². The van der Waals surface area contributed by atoms with Gasteiger partial charge in [-0.25, -0.2) is 4.39 Å². The standard InChI is InChI=1S/C17H28FN3/c1-6-19-14(4)15-8-7-9-16(18)17(15)21-10-12(2)20(5)13(3)11-21/h7-9,12-14,19H,6,10-11H2,1-5H3. The van der Waals surface area contributed by atoms with Gasteiger partial charge in [0, 0.05) is 31.2 Å². The number of piperazine rings is 1. The predicted octanol–water partition coefficient (Wildman–Crippen LogP) is 3.03. The maximum absolute atomic E-state index is 14.5. The fourth-order valence-corrected chi connectivity index (χ4v) is 3.22. The summed E-state index contributed by atoms with van der Waals surface area (Å²) in [5.74, 6) is -0.110. The molecule has 1 saturated heterocycles. The van der Waals surface area contributed by atoms with Crippen molar-refractivity contribution < 1.29 is 4.39 Å². The molecule has 1 heterocycles. The summed E-state index contributed by atoms with van der Waals surface area (Å²) in [6, 6.07) is 6.44. The number of benzene rings is 1. The van der Waals surface area contributed by atoms with Gasteiger partial charge in [0.15, 0.2) is 0 Å². The van der Waals surface area contributed by atoms with Gasteiger partial charge in [-0.1, -0.05) is 19.1 Å². The van der Waals surface area contributed by atoms with E-state index in [0.29, 0.717) is 12.1 Å². The summed E-state index contributed by atoms with van der Waals surface area (Å²) in [5.41, 5.74) is 1.83. The number of para-hydroxylation sites is 1. The number of hydrogen-bond acceptors (Lipinski definition) is 3. The largest absolute Gasteiger partial charge is 0.366 e. The zero-order valence-corrected chi connectivity index (χ0v) is 13.9. The molecule has 1 aromatic carbocycles. The zero-order valence-electron chi connectivity index (χ0n) is 13.9. The van der Waals surface area contributed by atoms with E-state index in [-0.39, 0.29) is 11.9 Å². The van der Waals surface area contributed by atoms with Crippen LogP contribution in [0.1, 0.15) is 39.3 Å². The fourth-order valence-electron chi connectivity index (χ4n) is 3.22. The summed E-state index contributed by atoms with van der Waals surface area (Å²) in [6.45, 7) is 11.2. The predicted molar refractivity (Wildman–Crippen MR) is 87.4 cm³/mol. The maximum Gasteiger partial charge on any atom is 0.146 e. The molecule has 3 nitrogen and oxygen atoms in total. The van der Waals surface area contributed by atoms with Crippen LogP contribution in [0.4, 0.5) is 10.1 Å². The van der Waals surface area contributed by atoms with Crippen molar-refractivity contribution in [2.24, 2.45) is 0 Å². The molecule has 3 unspecified atom stereocenters. The minimum atomic E-state index is -0.110. The minimum Gasteiger partial charge on any atom is -0.366 e. The van der Waals surface area contributed by atoms with Gasteiger partial charge in [-0.15, -0.1) is 0 Å². The lowest BCUT2D eigenvalue weighted by Gasteiger charge is -2.44. The van der Waals surface area contributed by atoms with Crippen molar-refractivity contribution in [3.8, 4) is 0 Å². The number of hydrogen-bond donors (Lipinski definition) is 1. The van der Waals surface area contributed by atoms with Gasteiger partial charge < -0.3 is 10.2 Å². The zero-order chi connectivity index (χ0) is 15.6. The van der Waals surface area contributed by atoms with E-state index in [1.807, 2.05) is 12.1 Å². The van der Waals surface area contributed by atoms with E-state index >= 15 is 0 Å². The Balaban J connectivity index is 2.34. The molecular formula is C17H28FN3. The topological polar surface area (TPSA) is 18.5 Å². The highest BCUT2D eigenvalue weighted by atomic mass is 19.1. The van der Waals surface area contributed by atoms with E-state index in [4.69, 9.17) is 0 Å². The van der Waals surface area contributed by atoms with E-state index in [9.17, 15) is 4.39 Å². The average molecular weight is 293 g/mol. The van der Waals surface area contributed by atoms with Crippen molar-refractivity contribution in [1.29, 1.82) is 0 Å². The van der Waals surface area contributed by atoms with Crippen molar-refractivity contribution in [2.45, 2.75) is 45.8 Å². The Bertz CT molecular complexity index is 465. The van der Waals surface area contributed by atoms with Crippen LogP contribution in [0.2, 0.25) is 0 Å². The molecule has 0 saturated carbocycles. The molecule has 3 atom stereocenters. The van der Waals surface area contributed by atoms with Crippen LogP contribution in [0.3, 0.4) is 0 Å². The van der Waals surface area contributed by atoms with Gasteiger partial charge in [0.2, 0.25) is 0 Å². The molecule has 0 bridgehead atoms. The van der Waals surface area contributed by atoms with E-state index in [2.05, 4.69) is 49.9 Å². The molecule has 2 rings (SSSR count). The Labute approximate surface area is 128 Å². The van der Waals surface area contributed by atoms with Crippen molar-refractivity contribution in [3.05, 3.63) is 29.6 Å². The molecule has 0 aliphatic carbocycles. The number of likely N-dealkylation sites (N-methyl/N-ethyl adjacent to an activating group) is 1. The molecule has 0 spiro atoms. The number of halogens is 1. The quantitative estimate of drug-likeness (QED) is 0.920. The van der Waals surface area contributed by atoms with Crippen LogP contribution in [-0.2, 0) is 0 Å². The van der Waals surface area contributed by atoms with Crippen molar-refractivity contribution in [3.63, 3.8) is 0 Å². The van der Waals surface area contributed by atoms with E-state index < -0.39 is 0 Å². The molecule has 1 N–H and O–H groups in total. The highest BCUT2D eigenvalue weighted by Gasteiger charge is 2.29. The van der Waals surface area contributed by atoms with Crippen LogP contribution in [0.5, 0.6) is 0 Å². The summed E-state index contributed by atoms with van der Waals surface area (Å²) >= 11 is 0. The van der Waals surface area contributed by atoms with Gasteiger partial charge >= 0.3 is 0 Å². The van der Waals surface area contributed by atoms with Crippen molar-refractivity contribution in [2.75, 3.05) is 31.6 Å². The van der Waals surface area contributed by atoms with Gasteiger partial charge in [0.1, 0.15) is 5.82 Å². The van der Waals surface area contributed by atoms with E-state index in [1.54, 1.807) is 6.07 Å². The minimum absolute atomic E-state index is 0.110. The molecule has 0 radical (unpaired) electrons. The molecule has 1 aliphatic rings. The van der Waals surface area contributed by atoms with Crippen LogP contribution in [-0.4, -0.2) is 43.7 Å². The second kappa shape index (κ2) is 6.75. The molecule has 4 heteroatoms. The number of anilines is 1. The van der Waals surface area contributed by atoms with Crippen LogP contribution < -0.4 is 10.2 Å². The molecular weight excluding hydrogens is 265 g/mol. The lowest BCUT2D eigenvalue weighted by atomic mass is 10.0. The van der Waals surface area contributed by atoms with Crippen LogP contribution in [0, 0.1) is 5.82 Å². The average Bonchev–Trinajstić information content (AvgIpc) is 2.44. The lowest BCUT2D eigenvalue weighted by Crippen LogP contribution is -2.55. The Hall–Kier alpha value is -1.13. The number of nitrogens with one attached hydrogen (secondary N) is 1. The summed E-state index contributed by atoms with van der Waals surface area (Å²) in [5, 5.41) is 3.40.